The van der Waals surface area contributed by atoms with Crippen molar-refractivity contribution in [3.63, 3.8) is 0 Å². The quantitative estimate of drug-likeness (QED) is 0.719. The van der Waals surface area contributed by atoms with E-state index in [9.17, 15) is 4.79 Å². The molecule has 2 aliphatic rings. The van der Waals surface area contributed by atoms with Gasteiger partial charge in [-0.05, 0) is 23.6 Å². The molecule has 1 atom stereocenters. The van der Waals surface area contributed by atoms with Crippen LogP contribution in [-0.2, 0) is 4.79 Å². The summed E-state index contributed by atoms with van der Waals surface area (Å²) in [7, 11) is 0. The standard InChI is InChI=1S/C17H13N3O4S/c21-15-6-10(17-18-16(19-24-17)14-2-1-5-25-14)8-20(15)11-3-4-12-13(7-11)23-9-22-12/h1-5,7,10H,6,8-9H2. The van der Waals surface area contributed by atoms with Gasteiger partial charge in [-0.2, -0.15) is 4.98 Å². The van der Waals surface area contributed by atoms with Gasteiger partial charge in [0.15, 0.2) is 11.5 Å². The third-order valence-electron chi connectivity index (χ3n) is 4.33. The summed E-state index contributed by atoms with van der Waals surface area (Å²) >= 11 is 1.55. The number of thiophene rings is 1. The van der Waals surface area contributed by atoms with Gasteiger partial charge >= 0.3 is 0 Å². The van der Waals surface area contributed by atoms with Crippen molar-refractivity contribution in [2.45, 2.75) is 12.3 Å². The molecule has 126 valence electrons. The van der Waals surface area contributed by atoms with Crippen LogP contribution in [0.2, 0.25) is 0 Å². The van der Waals surface area contributed by atoms with Gasteiger partial charge in [0.05, 0.1) is 10.8 Å². The Kier molecular flexibility index (Phi) is 3.24. The first-order valence-electron chi connectivity index (χ1n) is 7.85. The zero-order chi connectivity index (χ0) is 16.8. The van der Waals surface area contributed by atoms with Crippen molar-refractivity contribution < 1.29 is 18.8 Å². The maximum absolute atomic E-state index is 12.5. The summed E-state index contributed by atoms with van der Waals surface area (Å²) in [6.45, 7) is 0.716. The molecular formula is C17H13N3O4S. The van der Waals surface area contributed by atoms with Crippen LogP contribution in [0.5, 0.6) is 11.5 Å². The molecule has 1 unspecified atom stereocenters. The van der Waals surface area contributed by atoms with E-state index in [1.165, 1.54) is 0 Å². The Morgan fingerprint density at radius 2 is 2.12 bits per heavy atom. The number of carbonyl (C=O) groups excluding carboxylic acids is 1. The second kappa shape index (κ2) is 5.59. The molecule has 5 rings (SSSR count). The number of nitrogens with zero attached hydrogens (tertiary/aromatic N) is 3. The average molecular weight is 355 g/mol. The van der Waals surface area contributed by atoms with Crippen molar-refractivity contribution in [2.75, 3.05) is 18.2 Å². The highest BCUT2D eigenvalue weighted by atomic mass is 32.1. The number of benzene rings is 1. The topological polar surface area (TPSA) is 77.7 Å². The van der Waals surface area contributed by atoms with E-state index >= 15 is 0 Å². The Labute approximate surface area is 146 Å². The van der Waals surface area contributed by atoms with Crippen LogP contribution in [0, 0.1) is 0 Å². The van der Waals surface area contributed by atoms with Crippen molar-refractivity contribution in [1.82, 2.24) is 10.1 Å². The van der Waals surface area contributed by atoms with Gasteiger partial charge in [-0.3, -0.25) is 4.79 Å². The second-order valence-electron chi connectivity index (χ2n) is 5.88. The summed E-state index contributed by atoms with van der Waals surface area (Å²) in [5, 5.41) is 6.00. The molecule has 3 aromatic rings. The predicted octanol–water partition coefficient (Wildman–Crippen LogP) is 3.05. The highest BCUT2D eigenvalue weighted by Crippen LogP contribution is 2.38. The Bertz CT molecular complexity index is 937. The van der Waals surface area contributed by atoms with Crippen LogP contribution in [-0.4, -0.2) is 29.4 Å². The number of carbonyl (C=O) groups is 1. The molecule has 1 amide bonds. The fraction of sp³-hybridized carbons (Fsp3) is 0.235. The van der Waals surface area contributed by atoms with Gasteiger partial charge in [-0.15, -0.1) is 11.3 Å². The highest BCUT2D eigenvalue weighted by Gasteiger charge is 2.35. The van der Waals surface area contributed by atoms with Crippen LogP contribution < -0.4 is 14.4 Å². The number of ether oxygens (including phenoxy) is 2. The number of hydrogen-bond donors (Lipinski definition) is 0. The number of aromatic nitrogens is 2. The first-order chi connectivity index (χ1) is 12.3. The van der Waals surface area contributed by atoms with E-state index in [1.54, 1.807) is 16.2 Å². The minimum absolute atomic E-state index is 0.0275. The van der Waals surface area contributed by atoms with E-state index in [0.717, 1.165) is 10.6 Å². The van der Waals surface area contributed by atoms with Crippen LogP contribution in [0.1, 0.15) is 18.2 Å². The maximum atomic E-state index is 12.5. The lowest BCUT2D eigenvalue weighted by atomic mass is 10.1. The molecule has 0 radical (unpaired) electrons. The normalized spacial score (nSPS) is 19.0. The van der Waals surface area contributed by atoms with Crippen molar-refractivity contribution in [3.8, 4) is 22.2 Å². The van der Waals surface area contributed by atoms with Crippen molar-refractivity contribution >= 4 is 22.9 Å². The summed E-state index contributed by atoms with van der Waals surface area (Å²) in [6, 6.07) is 9.39. The molecule has 0 aliphatic carbocycles. The SMILES string of the molecule is O=C1CC(c2nc(-c3cccs3)no2)CN1c1ccc2c(c1)OCO2. The molecular weight excluding hydrogens is 342 g/mol. The van der Waals surface area contributed by atoms with Crippen molar-refractivity contribution in [3.05, 3.63) is 41.6 Å². The number of hydrogen-bond acceptors (Lipinski definition) is 7. The third-order valence-corrected chi connectivity index (χ3v) is 5.19. The number of rotatable bonds is 3. The summed E-state index contributed by atoms with van der Waals surface area (Å²) in [5.74, 6) is 2.34. The molecule has 1 aromatic carbocycles. The molecule has 2 aromatic heterocycles. The molecule has 0 N–H and O–H groups in total. The third kappa shape index (κ3) is 2.45. The number of amides is 1. The summed E-state index contributed by atoms with van der Waals surface area (Å²) in [4.78, 5) is 19.6. The molecule has 0 spiro atoms. The van der Waals surface area contributed by atoms with Crippen LogP contribution >= 0.6 is 11.3 Å². The zero-order valence-corrected chi connectivity index (χ0v) is 13.9. The number of fused-ring (bicyclic) bond motifs is 1. The molecule has 0 saturated carbocycles. The largest absolute Gasteiger partial charge is 0.454 e. The van der Waals surface area contributed by atoms with Crippen LogP contribution in [0.3, 0.4) is 0 Å². The van der Waals surface area contributed by atoms with E-state index < -0.39 is 0 Å². The molecule has 7 nitrogen and oxygen atoms in total. The van der Waals surface area contributed by atoms with Gasteiger partial charge in [0.1, 0.15) is 0 Å². The summed E-state index contributed by atoms with van der Waals surface area (Å²) < 4.78 is 16.1. The lowest BCUT2D eigenvalue weighted by molar-refractivity contribution is -0.117. The molecule has 1 saturated heterocycles. The summed E-state index contributed by atoms with van der Waals surface area (Å²) in [6.07, 6.45) is 0.348. The van der Waals surface area contributed by atoms with Gasteiger partial charge in [0.2, 0.25) is 24.4 Å². The van der Waals surface area contributed by atoms with Crippen LogP contribution in [0.25, 0.3) is 10.7 Å². The molecule has 4 heterocycles. The monoisotopic (exact) mass is 355 g/mol. The Morgan fingerprint density at radius 1 is 1.20 bits per heavy atom. The Balaban J connectivity index is 1.38. The van der Waals surface area contributed by atoms with E-state index in [2.05, 4.69) is 10.1 Å². The molecule has 1 fully saturated rings. The average Bonchev–Trinajstić information content (AvgIpc) is 3.39. The highest BCUT2D eigenvalue weighted by molar-refractivity contribution is 7.13. The zero-order valence-electron chi connectivity index (χ0n) is 13.0. The van der Waals surface area contributed by atoms with E-state index in [1.807, 2.05) is 35.7 Å². The lowest BCUT2D eigenvalue weighted by Gasteiger charge is -2.16. The Hall–Kier alpha value is -2.87. The molecule has 0 bridgehead atoms. The Morgan fingerprint density at radius 3 is 3.00 bits per heavy atom. The maximum Gasteiger partial charge on any atom is 0.232 e. The van der Waals surface area contributed by atoms with E-state index in [-0.39, 0.29) is 18.6 Å². The van der Waals surface area contributed by atoms with Gasteiger partial charge in [0.25, 0.3) is 0 Å². The first-order valence-corrected chi connectivity index (χ1v) is 8.73. The van der Waals surface area contributed by atoms with Crippen LogP contribution in [0.15, 0.2) is 40.2 Å². The van der Waals surface area contributed by atoms with Crippen molar-refractivity contribution in [1.29, 1.82) is 0 Å². The van der Waals surface area contributed by atoms with E-state index in [4.69, 9.17) is 14.0 Å². The minimum atomic E-state index is -0.112. The lowest BCUT2D eigenvalue weighted by Crippen LogP contribution is -2.24. The van der Waals surface area contributed by atoms with Gasteiger partial charge in [-0.1, -0.05) is 11.2 Å². The van der Waals surface area contributed by atoms with Crippen LogP contribution in [0.4, 0.5) is 5.69 Å². The minimum Gasteiger partial charge on any atom is -0.454 e. The second-order valence-corrected chi connectivity index (χ2v) is 6.82. The number of anilines is 1. The van der Waals surface area contributed by atoms with Gasteiger partial charge in [-0.25, -0.2) is 0 Å². The van der Waals surface area contributed by atoms with E-state index in [0.29, 0.717) is 36.2 Å². The smallest absolute Gasteiger partial charge is 0.232 e. The molecule has 2 aliphatic heterocycles. The molecule has 8 heteroatoms. The fourth-order valence-corrected chi connectivity index (χ4v) is 3.73. The first kappa shape index (κ1) is 14.5. The molecule has 25 heavy (non-hydrogen) atoms. The van der Waals surface area contributed by atoms with Crippen molar-refractivity contribution in [2.24, 2.45) is 0 Å². The predicted molar refractivity (Wildman–Crippen MR) is 89.9 cm³/mol. The fourth-order valence-electron chi connectivity index (χ4n) is 3.08. The van der Waals surface area contributed by atoms with Gasteiger partial charge < -0.3 is 18.9 Å². The van der Waals surface area contributed by atoms with Gasteiger partial charge in [0, 0.05) is 24.7 Å². The summed E-state index contributed by atoms with van der Waals surface area (Å²) in [5.41, 5.74) is 0.787.